The molecular formula is C18H15N5O2S. The molecule has 1 aromatic heterocycles. The molecule has 0 aliphatic rings. The molecule has 0 aliphatic heterocycles. The van der Waals surface area contributed by atoms with E-state index < -0.39 is 4.92 Å². The Labute approximate surface area is 154 Å². The summed E-state index contributed by atoms with van der Waals surface area (Å²) in [5.41, 5.74) is 0.985. The Hall–Kier alpha value is -3.18. The molecule has 1 heterocycles. The summed E-state index contributed by atoms with van der Waals surface area (Å²) in [6.45, 7) is 2.72. The van der Waals surface area contributed by atoms with E-state index in [4.69, 9.17) is 5.26 Å². The second-order valence-corrected chi connectivity index (χ2v) is 6.50. The van der Waals surface area contributed by atoms with Crippen LogP contribution in [0.4, 0.5) is 5.69 Å². The van der Waals surface area contributed by atoms with Crippen molar-refractivity contribution in [1.82, 2.24) is 14.8 Å². The number of nitro benzene ring substituents is 1. The summed E-state index contributed by atoms with van der Waals surface area (Å²) in [5.74, 6) is 0.851. The molecule has 0 amide bonds. The highest BCUT2D eigenvalue weighted by molar-refractivity contribution is 7.99. The quantitative estimate of drug-likeness (QED) is 0.486. The van der Waals surface area contributed by atoms with E-state index in [9.17, 15) is 10.1 Å². The second-order valence-electron chi connectivity index (χ2n) is 5.46. The monoisotopic (exact) mass is 365 g/mol. The van der Waals surface area contributed by atoms with Crippen molar-refractivity contribution in [2.45, 2.75) is 29.9 Å². The molecule has 0 N–H and O–H groups in total. The van der Waals surface area contributed by atoms with E-state index >= 15 is 0 Å². The third kappa shape index (κ3) is 3.73. The topological polar surface area (TPSA) is 97.6 Å². The predicted molar refractivity (Wildman–Crippen MR) is 96.9 cm³/mol. The Morgan fingerprint density at radius 2 is 2.00 bits per heavy atom. The second kappa shape index (κ2) is 7.80. The summed E-state index contributed by atoms with van der Waals surface area (Å²) in [6, 6.07) is 16.4. The molecule has 0 aliphatic carbocycles. The van der Waals surface area contributed by atoms with Crippen LogP contribution >= 0.6 is 11.8 Å². The van der Waals surface area contributed by atoms with Gasteiger partial charge in [-0.2, -0.15) is 5.26 Å². The van der Waals surface area contributed by atoms with E-state index in [0.29, 0.717) is 23.0 Å². The highest BCUT2D eigenvalue weighted by atomic mass is 32.2. The van der Waals surface area contributed by atoms with Crippen LogP contribution < -0.4 is 0 Å². The Morgan fingerprint density at radius 3 is 2.65 bits per heavy atom. The standard InChI is InChI=1S/C18H15N5O2S/c1-2-22-17(10-13-6-4-3-5-7-13)20-21-18(22)26-15-8-9-16(23(24)25)14(11-15)12-19/h3-9,11H,2,10H2,1H3. The summed E-state index contributed by atoms with van der Waals surface area (Å²) in [5, 5.41) is 29.3. The lowest BCUT2D eigenvalue weighted by molar-refractivity contribution is -0.385. The number of nitro groups is 1. The number of benzene rings is 2. The van der Waals surface area contributed by atoms with Crippen LogP contribution in [0.1, 0.15) is 23.9 Å². The molecule has 0 saturated carbocycles. The predicted octanol–water partition coefficient (Wildman–Crippen LogP) is 3.82. The number of rotatable bonds is 6. The molecule has 3 aromatic rings. The maximum absolute atomic E-state index is 10.9. The van der Waals surface area contributed by atoms with E-state index in [1.54, 1.807) is 6.07 Å². The van der Waals surface area contributed by atoms with Crippen molar-refractivity contribution >= 4 is 17.4 Å². The van der Waals surface area contributed by atoms with E-state index in [2.05, 4.69) is 10.2 Å². The van der Waals surface area contributed by atoms with Crippen molar-refractivity contribution in [3.63, 3.8) is 0 Å². The molecule has 0 bridgehead atoms. The highest BCUT2D eigenvalue weighted by Crippen LogP contribution is 2.30. The maximum atomic E-state index is 10.9. The van der Waals surface area contributed by atoms with Crippen LogP contribution in [0.15, 0.2) is 58.6 Å². The largest absolute Gasteiger partial charge is 0.306 e. The molecule has 2 aromatic carbocycles. The first-order chi connectivity index (χ1) is 12.6. The zero-order valence-corrected chi connectivity index (χ0v) is 14.8. The van der Waals surface area contributed by atoms with Crippen LogP contribution in [0, 0.1) is 21.4 Å². The summed E-state index contributed by atoms with van der Waals surface area (Å²) in [6.07, 6.45) is 0.673. The van der Waals surface area contributed by atoms with Crippen molar-refractivity contribution in [2.24, 2.45) is 0 Å². The first kappa shape index (κ1) is 17.6. The van der Waals surface area contributed by atoms with Gasteiger partial charge in [0, 0.05) is 23.9 Å². The lowest BCUT2D eigenvalue weighted by atomic mass is 10.1. The molecule has 0 spiro atoms. The number of hydrogen-bond donors (Lipinski definition) is 0. The summed E-state index contributed by atoms with van der Waals surface area (Å²) in [4.78, 5) is 11.1. The van der Waals surface area contributed by atoms with E-state index in [0.717, 1.165) is 11.4 Å². The lowest BCUT2D eigenvalue weighted by Crippen LogP contribution is -2.04. The molecule has 0 atom stereocenters. The van der Waals surface area contributed by atoms with Crippen molar-refractivity contribution in [3.8, 4) is 6.07 Å². The first-order valence-electron chi connectivity index (χ1n) is 7.94. The van der Waals surface area contributed by atoms with E-state index in [-0.39, 0.29) is 11.3 Å². The van der Waals surface area contributed by atoms with Crippen molar-refractivity contribution in [3.05, 3.63) is 75.6 Å². The van der Waals surface area contributed by atoms with E-state index in [1.807, 2.05) is 47.9 Å². The Kier molecular flexibility index (Phi) is 5.29. The summed E-state index contributed by atoms with van der Waals surface area (Å²) in [7, 11) is 0. The van der Waals surface area contributed by atoms with Crippen LogP contribution in [0.25, 0.3) is 0 Å². The normalized spacial score (nSPS) is 10.5. The van der Waals surface area contributed by atoms with Crippen molar-refractivity contribution in [1.29, 1.82) is 5.26 Å². The van der Waals surface area contributed by atoms with Gasteiger partial charge in [-0.05, 0) is 36.4 Å². The number of aromatic nitrogens is 3. The van der Waals surface area contributed by atoms with Gasteiger partial charge in [-0.3, -0.25) is 10.1 Å². The van der Waals surface area contributed by atoms with Gasteiger partial charge in [-0.25, -0.2) is 0 Å². The Bertz CT molecular complexity index is 979. The number of nitriles is 1. The molecule has 130 valence electrons. The summed E-state index contributed by atoms with van der Waals surface area (Å²) < 4.78 is 2.01. The van der Waals surface area contributed by atoms with Gasteiger partial charge < -0.3 is 4.57 Å². The lowest BCUT2D eigenvalue weighted by Gasteiger charge is -2.07. The Balaban J connectivity index is 1.87. The molecule has 0 unspecified atom stereocenters. The zero-order valence-electron chi connectivity index (χ0n) is 14.0. The molecule has 3 rings (SSSR count). The fraction of sp³-hybridized carbons (Fsp3) is 0.167. The molecule has 0 fully saturated rings. The van der Waals surface area contributed by atoms with Crippen LogP contribution in [0.5, 0.6) is 0 Å². The maximum Gasteiger partial charge on any atom is 0.287 e. The van der Waals surface area contributed by atoms with Gasteiger partial charge in [0.2, 0.25) is 0 Å². The third-order valence-corrected chi connectivity index (χ3v) is 4.78. The fourth-order valence-electron chi connectivity index (χ4n) is 2.55. The summed E-state index contributed by atoms with van der Waals surface area (Å²) >= 11 is 1.34. The fourth-order valence-corrected chi connectivity index (χ4v) is 3.50. The SMILES string of the molecule is CCn1c(Cc2ccccc2)nnc1Sc1ccc([N+](=O)[O-])c(C#N)c1. The van der Waals surface area contributed by atoms with Gasteiger partial charge in [0.1, 0.15) is 17.5 Å². The molecule has 0 saturated heterocycles. The molecule has 8 heteroatoms. The zero-order chi connectivity index (χ0) is 18.5. The van der Waals surface area contributed by atoms with Gasteiger partial charge in [0.05, 0.1) is 4.92 Å². The van der Waals surface area contributed by atoms with Gasteiger partial charge in [-0.1, -0.05) is 30.3 Å². The average molecular weight is 365 g/mol. The number of hydrogen-bond acceptors (Lipinski definition) is 6. The van der Waals surface area contributed by atoms with Gasteiger partial charge in [0.25, 0.3) is 5.69 Å². The van der Waals surface area contributed by atoms with Gasteiger partial charge >= 0.3 is 0 Å². The van der Waals surface area contributed by atoms with E-state index in [1.165, 1.54) is 23.9 Å². The minimum Gasteiger partial charge on any atom is -0.306 e. The van der Waals surface area contributed by atoms with Crippen molar-refractivity contribution < 1.29 is 4.92 Å². The third-order valence-electron chi connectivity index (χ3n) is 3.81. The Morgan fingerprint density at radius 1 is 1.23 bits per heavy atom. The van der Waals surface area contributed by atoms with Crippen LogP contribution in [0.2, 0.25) is 0 Å². The van der Waals surface area contributed by atoms with Crippen LogP contribution in [-0.2, 0) is 13.0 Å². The molecular weight excluding hydrogens is 350 g/mol. The molecule has 7 nitrogen and oxygen atoms in total. The average Bonchev–Trinajstić information content (AvgIpc) is 3.03. The minimum absolute atomic E-state index is 0.0343. The highest BCUT2D eigenvalue weighted by Gasteiger charge is 2.17. The minimum atomic E-state index is -0.556. The number of nitrogens with zero attached hydrogens (tertiary/aromatic N) is 5. The molecule has 26 heavy (non-hydrogen) atoms. The van der Waals surface area contributed by atoms with Crippen LogP contribution in [-0.4, -0.2) is 19.7 Å². The smallest absolute Gasteiger partial charge is 0.287 e. The van der Waals surface area contributed by atoms with Crippen molar-refractivity contribution in [2.75, 3.05) is 0 Å². The first-order valence-corrected chi connectivity index (χ1v) is 8.76. The molecule has 0 radical (unpaired) electrons. The van der Waals surface area contributed by atoms with Gasteiger partial charge in [0.15, 0.2) is 5.16 Å². The van der Waals surface area contributed by atoms with Crippen LogP contribution in [0.3, 0.4) is 0 Å². The van der Waals surface area contributed by atoms with Gasteiger partial charge in [-0.15, -0.1) is 10.2 Å².